The minimum Gasteiger partial charge on any atom is -0.379 e. The van der Waals surface area contributed by atoms with E-state index < -0.39 is 0 Å². The van der Waals surface area contributed by atoms with Gasteiger partial charge in [-0.1, -0.05) is 37.3 Å². The summed E-state index contributed by atoms with van der Waals surface area (Å²) >= 11 is 0. The summed E-state index contributed by atoms with van der Waals surface area (Å²) in [6.07, 6.45) is 1.00. The van der Waals surface area contributed by atoms with Crippen molar-refractivity contribution in [3.05, 3.63) is 35.9 Å². The van der Waals surface area contributed by atoms with Crippen molar-refractivity contribution in [3.63, 3.8) is 0 Å². The van der Waals surface area contributed by atoms with Gasteiger partial charge < -0.3 is 9.47 Å². The smallest absolute Gasteiger partial charge is 0.188 e. The fourth-order valence-corrected chi connectivity index (χ4v) is 1.24. The van der Waals surface area contributed by atoms with Gasteiger partial charge in [-0.3, -0.25) is 4.79 Å². The average Bonchev–Trinajstić information content (AvgIpc) is 2.34. The second-order valence-electron chi connectivity index (χ2n) is 3.45. The Balaban J connectivity index is 2.12. The van der Waals surface area contributed by atoms with Crippen LogP contribution in [0, 0.1) is 0 Å². The predicted molar refractivity (Wildman–Crippen MR) is 62.7 cm³/mol. The molecule has 0 radical (unpaired) electrons. The Kier molecular flexibility index (Phi) is 6.45. The highest BCUT2D eigenvalue weighted by Crippen LogP contribution is 1.99. The lowest BCUT2D eigenvalue weighted by Crippen LogP contribution is -2.12. The summed E-state index contributed by atoms with van der Waals surface area (Å²) in [5, 5.41) is 0. The van der Waals surface area contributed by atoms with E-state index in [-0.39, 0.29) is 12.4 Å². The minimum atomic E-state index is 0.0103. The molecule has 0 atom stereocenters. The van der Waals surface area contributed by atoms with Crippen LogP contribution < -0.4 is 0 Å². The first-order valence-corrected chi connectivity index (χ1v) is 5.58. The first kappa shape index (κ1) is 12.9. The molecule has 0 aliphatic heterocycles. The summed E-state index contributed by atoms with van der Waals surface area (Å²) in [4.78, 5) is 11.6. The van der Waals surface area contributed by atoms with E-state index in [1.54, 1.807) is 12.1 Å². The van der Waals surface area contributed by atoms with E-state index in [0.29, 0.717) is 18.8 Å². The Hall–Kier alpha value is -1.19. The second-order valence-corrected chi connectivity index (χ2v) is 3.45. The summed E-state index contributed by atoms with van der Waals surface area (Å²) in [5.74, 6) is 0.0103. The molecule has 0 spiro atoms. The summed E-state index contributed by atoms with van der Waals surface area (Å²) < 4.78 is 10.5. The van der Waals surface area contributed by atoms with Crippen LogP contribution in [0.5, 0.6) is 0 Å². The average molecular weight is 222 g/mol. The van der Waals surface area contributed by atoms with E-state index in [1.165, 1.54) is 0 Å². The molecule has 0 bridgehead atoms. The van der Waals surface area contributed by atoms with Crippen LogP contribution in [-0.2, 0) is 9.47 Å². The zero-order chi connectivity index (χ0) is 11.6. The van der Waals surface area contributed by atoms with Crippen molar-refractivity contribution in [2.24, 2.45) is 0 Å². The van der Waals surface area contributed by atoms with Crippen molar-refractivity contribution >= 4 is 5.78 Å². The van der Waals surface area contributed by atoms with Gasteiger partial charge in [0.2, 0.25) is 0 Å². The van der Waals surface area contributed by atoms with Crippen molar-refractivity contribution in [2.75, 3.05) is 26.4 Å². The van der Waals surface area contributed by atoms with Gasteiger partial charge in [-0.05, 0) is 6.42 Å². The van der Waals surface area contributed by atoms with Gasteiger partial charge in [-0.25, -0.2) is 0 Å². The van der Waals surface area contributed by atoms with E-state index >= 15 is 0 Å². The van der Waals surface area contributed by atoms with Gasteiger partial charge in [-0.2, -0.15) is 0 Å². The number of carbonyl (C=O) groups is 1. The van der Waals surface area contributed by atoms with Gasteiger partial charge in [0.1, 0.15) is 6.61 Å². The van der Waals surface area contributed by atoms with Crippen molar-refractivity contribution in [3.8, 4) is 0 Å². The molecule has 0 aromatic heterocycles. The molecular weight excluding hydrogens is 204 g/mol. The monoisotopic (exact) mass is 222 g/mol. The molecular formula is C13H18O3. The topological polar surface area (TPSA) is 35.5 Å². The van der Waals surface area contributed by atoms with Crippen LogP contribution in [0.2, 0.25) is 0 Å². The second kappa shape index (κ2) is 8.02. The maximum Gasteiger partial charge on any atom is 0.188 e. The van der Waals surface area contributed by atoms with Crippen molar-refractivity contribution < 1.29 is 14.3 Å². The maximum absolute atomic E-state index is 11.6. The molecule has 0 saturated heterocycles. The van der Waals surface area contributed by atoms with Crippen molar-refractivity contribution in [1.82, 2.24) is 0 Å². The molecule has 0 fully saturated rings. The number of benzene rings is 1. The highest BCUT2D eigenvalue weighted by molar-refractivity contribution is 5.96. The van der Waals surface area contributed by atoms with Crippen molar-refractivity contribution in [2.45, 2.75) is 13.3 Å². The molecule has 1 rings (SSSR count). The molecule has 3 heteroatoms. The Morgan fingerprint density at radius 3 is 2.44 bits per heavy atom. The number of ether oxygens (including phenoxy) is 2. The molecule has 0 aliphatic rings. The van der Waals surface area contributed by atoms with E-state index in [2.05, 4.69) is 6.92 Å². The van der Waals surface area contributed by atoms with Crippen LogP contribution >= 0.6 is 0 Å². The molecule has 1 aromatic carbocycles. The molecule has 88 valence electrons. The zero-order valence-electron chi connectivity index (χ0n) is 9.65. The summed E-state index contributed by atoms with van der Waals surface area (Å²) in [6.45, 7) is 3.95. The number of carbonyl (C=O) groups excluding carboxylic acids is 1. The van der Waals surface area contributed by atoms with Crippen LogP contribution in [0.15, 0.2) is 30.3 Å². The Morgan fingerprint density at radius 2 is 1.75 bits per heavy atom. The van der Waals surface area contributed by atoms with E-state index in [4.69, 9.17) is 9.47 Å². The van der Waals surface area contributed by atoms with Crippen molar-refractivity contribution in [1.29, 1.82) is 0 Å². The van der Waals surface area contributed by atoms with Crippen LogP contribution in [0.4, 0.5) is 0 Å². The van der Waals surface area contributed by atoms with Crippen LogP contribution in [0.25, 0.3) is 0 Å². The molecule has 16 heavy (non-hydrogen) atoms. The largest absolute Gasteiger partial charge is 0.379 e. The number of Topliss-reactive ketones (excluding diaryl/α,β-unsaturated/α-hetero) is 1. The molecule has 0 aliphatic carbocycles. The Labute approximate surface area is 96.4 Å². The number of ketones is 1. The first-order valence-electron chi connectivity index (χ1n) is 5.58. The van der Waals surface area contributed by atoms with Gasteiger partial charge in [0.25, 0.3) is 0 Å². The molecule has 0 amide bonds. The first-order chi connectivity index (χ1) is 7.84. The summed E-state index contributed by atoms with van der Waals surface area (Å²) in [6, 6.07) is 9.16. The summed E-state index contributed by atoms with van der Waals surface area (Å²) in [7, 11) is 0. The fourth-order valence-electron chi connectivity index (χ4n) is 1.24. The maximum atomic E-state index is 11.6. The quantitative estimate of drug-likeness (QED) is 0.500. The highest BCUT2D eigenvalue weighted by Gasteiger charge is 2.03. The Bertz CT molecular complexity index is 295. The minimum absolute atomic E-state index is 0.0103. The van der Waals surface area contributed by atoms with Crippen LogP contribution in [0.3, 0.4) is 0 Å². The van der Waals surface area contributed by atoms with Gasteiger partial charge in [-0.15, -0.1) is 0 Å². The predicted octanol–water partition coefficient (Wildman–Crippen LogP) is 2.31. The molecule has 3 nitrogen and oxygen atoms in total. The number of hydrogen-bond donors (Lipinski definition) is 0. The third-order valence-electron chi connectivity index (χ3n) is 2.05. The molecule has 0 heterocycles. The lowest BCUT2D eigenvalue weighted by atomic mass is 10.1. The van der Waals surface area contributed by atoms with Gasteiger partial charge in [0.15, 0.2) is 5.78 Å². The third-order valence-corrected chi connectivity index (χ3v) is 2.05. The Morgan fingerprint density at radius 1 is 1.06 bits per heavy atom. The van der Waals surface area contributed by atoms with Gasteiger partial charge in [0, 0.05) is 12.2 Å². The lowest BCUT2D eigenvalue weighted by molar-refractivity contribution is 0.0441. The summed E-state index contributed by atoms with van der Waals surface area (Å²) in [5.41, 5.74) is 0.692. The lowest BCUT2D eigenvalue weighted by Gasteiger charge is -2.04. The van der Waals surface area contributed by atoms with E-state index in [1.807, 2.05) is 18.2 Å². The SMILES string of the molecule is CCCOCCOCC(=O)c1ccccc1. The van der Waals surface area contributed by atoms with Gasteiger partial charge in [0.05, 0.1) is 13.2 Å². The standard InChI is InChI=1S/C13H18O3/c1-2-8-15-9-10-16-11-13(14)12-6-4-3-5-7-12/h3-7H,2,8-11H2,1H3. The van der Waals surface area contributed by atoms with Crippen LogP contribution in [-0.4, -0.2) is 32.2 Å². The number of rotatable bonds is 8. The van der Waals surface area contributed by atoms with Gasteiger partial charge >= 0.3 is 0 Å². The molecule has 1 aromatic rings. The van der Waals surface area contributed by atoms with Crippen LogP contribution in [0.1, 0.15) is 23.7 Å². The zero-order valence-corrected chi connectivity index (χ0v) is 9.65. The van der Waals surface area contributed by atoms with E-state index in [9.17, 15) is 4.79 Å². The normalized spacial score (nSPS) is 10.3. The number of hydrogen-bond acceptors (Lipinski definition) is 3. The highest BCUT2D eigenvalue weighted by atomic mass is 16.5. The molecule has 0 saturated carbocycles. The third kappa shape index (κ3) is 5.05. The molecule has 0 unspecified atom stereocenters. The fraction of sp³-hybridized carbons (Fsp3) is 0.462. The molecule has 0 N–H and O–H groups in total. The van der Waals surface area contributed by atoms with E-state index in [0.717, 1.165) is 13.0 Å².